The van der Waals surface area contributed by atoms with E-state index in [4.69, 9.17) is 0 Å². The van der Waals surface area contributed by atoms with E-state index in [-0.39, 0.29) is 0 Å². The van der Waals surface area contributed by atoms with Crippen molar-refractivity contribution >= 4 is 31.8 Å². The number of nitrogens with one attached hydrogen (secondary N) is 1. The summed E-state index contributed by atoms with van der Waals surface area (Å²) >= 11 is 3.36. The molecule has 0 radical (unpaired) electrons. The Kier molecular flexibility index (Phi) is 4.87. The zero-order chi connectivity index (χ0) is 17.5. The highest BCUT2D eigenvalue weighted by molar-refractivity contribution is 9.10. The number of hydrogen-bond donors (Lipinski definition) is 1. The normalized spacial score (nSPS) is 11.6. The highest BCUT2D eigenvalue weighted by Gasteiger charge is 2.24. The Labute approximate surface area is 146 Å². The Bertz CT molecular complexity index is 861. The van der Waals surface area contributed by atoms with Gasteiger partial charge in [0.05, 0.1) is 10.6 Å². The van der Waals surface area contributed by atoms with Gasteiger partial charge in [-0.15, -0.1) is 0 Å². The Morgan fingerprint density at radius 2 is 1.35 bits per heavy atom. The number of aryl methyl sites for hydroxylation is 1. The molecule has 1 N–H and O–H groups in total. The van der Waals surface area contributed by atoms with Crippen LogP contribution in [-0.4, -0.2) is 13.4 Å². The van der Waals surface area contributed by atoms with E-state index in [9.17, 15) is 8.42 Å². The summed E-state index contributed by atoms with van der Waals surface area (Å²) in [4.78, 5) is 4.62. The van der Waals surface area contributed by atoms with Crippen molar-refractivity contribution in [2.75, 3.05) is 4.72 Å². The number of benzene rings is 1. The molecule has 1 heterocycles. The van der Waals surface area contributed by atoms with Crippen LogP contribution in [0.3, 0.4) is 0 Å². The molecule has 0 fully saturated rings. The Balaban J connectivity index is 2.58. The third-order valence-electron chi connectivity index (χ3n) is 4.46. The third kappa shape index (κ3) is 3.28. The number of pyridine rings is 1. The first-order valence-corrected chi connectivity index (χ1v) is 9.56. The first-order valence-electron chi connectivity index (χ1n) is 7.29. The van der Waals surface area contributed by atoms with Crippen LogP contribution in [0.25, 0.3) is 0 Å². The van der Waals surface area contributed by atoms with E-state index in [0.717, 1.165) is 38.0 Å². The van der Waals surface area contributed by atoms with Gasteiger partial charge in [-0.3, -0.25) is 4.72 Å². The van der Waals surface area contributed by atoms with E-state index >= 15 is 0 Å². The fourth-order valence-electron chi connectivity index (χ4n) is 2.66. The molecule has 0 unspecified atom stereocenters. The molecule has 0 aliphatic rings. The SMILES string of the molecule is Cc1nc(NS(=O)(=O)c2c(C)c(C)c(C)c(C)c2C)ccc1Br. The van der Waals surface area contributed by atoms with Crippen LogP contribution in [0.4, 0.5) is 5.82 Å². The summed E-state index contributed by atoms with van der Waals surface area (Å²) in [6.45, 7) is 11.5. The standard InChI is InChI=1S/C17H21BrN2O2S/c1-9-10(2)12(4)17(13(5)11(9)3)23(21,22)20-16-8-7-15(18)14(6)19-16/h7-8H,1-6H3,(H,19,20). The van der Waals surface area contributed by atoms with E-state index in [0.29, 0.717) is 10.7 Å². The second kappa shape index (κ2) is 6.24. The highest BCUT2D eigenvalue weighted by Crippen LogP contribution is 2.30. The molecule has 1 aromatic heterocycles. The van der Waals surface area contributed by atoms with Gasteiger partial charge in [-0.25, -0.2) is 13.4 Å². The van der Waals surface area contributed by atoms with Gasteiger partial charge >= 0.3 is 0 Å². The predicted molar refractivity (Wildman–Crippen MR) is 97.6 cm³/mol. The van der Waals surface area contributed by atoms with Crippen molar-refractivity contribution in [2.45, 2.75) is 46.4 Å². The molecule has 0 atom stereocenters. The Morgan fingerprint density at radius 1 is 0.870 bits per heavy atom. The van der Waals surface area contributed by atoms with Crippen molar-refractivity contribution in [3.05, 3.63) is 50.1 Å². The Hall–Kier alpha value is -1.40. The summed E-state index contributed by atoms with van der Waals surface area (Å²) in [5, 5.41) is 0. The minimum Gasteiger partial charge on any atom is -0.263 e. The average molecular weight is 397 g/mol. The van der Waals surface area contributed by atoms with Crippen LogP contribution in [0.2, 0.25) is 0 Å². The number of sulfonamides is 1. The maximum Gasteiger partial charge on any atom is 0.263 e. The number of nitrogens with zero attached hydrogens (tertiary/aromatic N) is 1. The lowest BCUT2D eigenvalue weighted by molar-refractivity contribution is 0.599. The summed E-state index contributed by atoms with van der Waals surface area (Å²) in [7, 11) is -3.69. The van der Waals surface area contributed by atoms with Gasteiger partial charge in [0.25, 0.3) is 10.0 Å². The maximum atomic E-state index is 12.9. The molecule has 0 aliphatic carbocycles. The van der Waals surface area contributed by atoms with Gasteiger partial charge in [-0.2, -0.15) is 0 Å². The number of aromatic nitrogens is 1. The van der Waals surface area contributed by atoms with E-state index in [1.165, 1.54) is 0 Å². The van der Waals surface area contributed by atoms with Gasteiger partial charge in [0.15, 0.2) is 0 Å². The van der Waals surface area contributed by atoms with Gasteiger partial charge < -0.3 is 0 Å². The first-order chi connectivity index (χ1) is 10.6. The van der Waals surface area contributed by atoms with Crippen molar-refractivity contribution < 1.29 is 8.42 Å². The number of rotatable bonds is 3. The van der Waals surface area contributed by atoms with Crippen LogP contribution in [0.1, 0.15) is 33.5 Å². The minimum atomic E-state index is -3.69. The number of hydrogen-bond acceptors (Lipinski definition) is 3. The highest BCUT2D eigenvalue weighted by atomic mass is 79.9. The molecule has 2 aromatic rings. The number of anilines is 1. The van der Waals surface area contributed by atoms with Crippen LogP contribution in [0.15, 0.2) is 21.5 Å². The maximum absolute atomic E-state index is 12.9. The van der Waals surface area contributed by atoms with Crippen molar-refractivity contribution in [3.8, 4) is 0 Å². The minimum absolute atomic E-state index is 0.320. The molecule has 1 aromatic carbocycles. The van der Waals surface area contributed by atoms with Gasteiger partial charge in [-0.1, -0.05) is 0 Å². The molecule has 23 heavy (non-hydrogen) atoms. The van der Waals surface area contributed by atoms with Gasteiger partial charge in [0, 0.05) is 4.47 Å². The smallest absolute Gasteiger partial charge is 0.263 e. The van der Waals surface area contributed by atoms with E-state index in [1.807, 2.05) is 41.5 Å². The largest absolute Gasteiger partial charge is 0.263 e. The van der Waals surface area contributed by atoms with E-state index in [1.54, 1.807) is 12.1 Å². The zero-order valence-corrected chi connectivity index (χ0v) is 16.6. The Morgan fingerprint density at radius 3 is 1.83 bits per heavy atom. The van der Waals surface area contributed by atoms with Crippen LogP contribution in [0, 0.1) is 41.5 Å². The lowest BCUT2D eigenvalue weighted by Gasteiger charge is -2.19. The van der Waals surface area contributed by atoms with Gasteiger partial charge in [0.1, 0.15) is 5.82 Å². The lowest BCUT2D eigenvalue weighted by atomic mass is 9.95. The zero-order valence-electron chi connectivity index (χ0n) is 14.2. The molecule has 0 aliphatic heterocycles. The molecule has 0 saturated carbocycles. The monoisotopic (exact) mass is 396 g/mol. The second-order valence-corrected chi connectivity index (χ2v) is 8.30. The van der Waals surface area contributed by atoms with Gasteiger partial charge in [0.2, 0.25) is 0 Å². The predicted octanol–water partition coefficient (Wildman–Crippen LogP) is 4.50. The fourth-order valence-corrected chi connectivity index (χ4v) is 4.48. The summed E-state index contributed by atoms with van der Waals surface area (Å²) in [6, 6.07) is 3.43. The lowest BCUT2D eigenvalue weighted by Crippen LogP contribution is -2.18. The van der Waals surface area contributed by atoms with Crippen LogP contribution in [0.5, 0.6) is 0 Å². The molecular weight excluding hydrogens is 376 g/mol. The molecule has 0 bridgehead atoms. The molecule has 2 rings (SSSR count). The van der Waals surface area contributed by atoms with E-state index < -0.39 is 10.0 Å². The van der Waals surface area contributed by atoms with Crippen molar-refractivity contribution in [3.63, 3.8) is 0 Å². The summed E-state index contributed by atoms with van der Waals surface area (Å²) < 4.78 is 29.2. The van der Waals surface area contributed by atoms with E-state index in [2.05, 4.69) is 25.6 Å². The molecule has 0 saturated heterocycles. The summed E-state index contributed by atoms with van der Waals surface area (Å²) in [6.07, 6.45) is 0. The fraction of sp³-hybridized carbons (Fsp3) is 0.353. The van der Waals surface area contributed by atoms with Gasteiger partial charge in [-0.05, 0) is 97.4 Å². The topological polar surface area (TPSA) is 59.1 Å². The summed E-state index contributed by atoms with van der Waals surface area (Å²) in [5.74, 6) is 0.320. The molecule has 0 amide bonds. The second-order valence-electron chi connectivity index (χ2n) is 5.82. The average Bonchev–Trinajstić information content (AvgIpc) is 2.46. The first kappa shape index (κ1) is 17.9. The molecule has 124 valence electrons. The van der Waals surface area contributed by atoms with Crippen LogP contribution < -0.4 is 4.72 Å². The van der Waals surface area contributed by atoms with Crippen LogP contribution in [-0.2, 0) is 10.0 Å². The molecule has 0 spiro atoms. The molecule has 6 heteroatoms. The van der Waals surface area contributed by atoms with Crippen molar-refractivity contribution in [2.24, 2.45) is 0 Å². The van der Waals surface area contributed by atoms with Crippen molar-refractivity contribution in [1.29, 1.82) is 0 Å². The molecular formula is C17H21BrN2O2S. The quantitative estimate of drug-likeness (QED) is 0.830. The molecule has 4 nitrogen and oxygen atoms in total. The number of halogens is 1. The summed E-state index contributed by atoms with van der Waals surface area (Å²) in [5.41, 5.74) is 5.45. The van der Waals surface area contributed by atoms with Crippen LogP contribution >= 0.6 is 15.9 Å². The van der Waals surface area contributed by atoms with Crippen molar-refractivity contribution in [1.82, 2.24) is 4.98 Å². The third-order valence-corrected chi connectivity index (χ3v) is 6.93.